The molecular formula is C10H24O5SSi. The second-order valence-corrected chi connectivity index (χ2v) is 8.09. The first-order chi connectivity index (χ1) is 8.17. The summed E-state index contributed by atoms with van der Waals surface area (Å²) in [5, 5.41) is 18.0. The first-order valence-corrected chi connectivity index (χ1v) is 8.64. The third kappa shape index (κ3) is 6.75. The summed E-state index contributed by atoms with van der Waals surface area (Å²) in [6.45, 7) is 0.220. The smallest absolute Gasteiger partial charge is 0.396 e. The Morgan fingerprint density at radius 2 is 1.71 bits per heavy atom. The third-order valence-electron chi connectivity index (χ3n) is 2.57. The molecule has 0 rings (SSSR count). The van der Waals surface area contributed by atoms with E-state index in [-0.39, 0.29) is 18.5 Å². The zero-order chi connectivity index (χ0) is 13.1. The predicted octanol–water partition coefficient (Wildman–Crippen LogP) is 0.731. The van der Waals surface area contributed by atoms with Crippen LogP contribution in [-0.2, 0) is 13.3 Å². The van der Waals surface area contributed by atoms with Crippen molar-refractivity contribution in [1.82, 2.24) is 0 Å². The second kappa shape index (κ2) is 10.3. The fourth-order valence-corrected chi connectivity index (χ4v) is 4.47. The molecule has 0 saturated heterocycles. The summed E-state index contributed by atoms with van der Waals surface area (Å²) in [4.78, 5) is 0. The van der Waals surface area contributed by atoms with Crippen molar-refractivity contribution in [3.05, 3.63) is 0 Å². The molecule has 0 amide bonds. The van der Waals surface area contributed by atoms with Gasteiger partial charge in [-0.25, -0.2) is 0 Å². The third-order valence-corrected chi connectivity index (χ3v) is 6.78. The molecule has 0 aliphatic heterocycles. The molecule has 0 aromatic carbocycles. The first-order valence-electron chi connectivity index (χ1n) is 5.66. The largest absolute Gasteiger partial charge is 0.500 e. The van der Waals surface area contributed by atoms with E-state index in [0.717, 1.165) is 18.2 Å². The van der Waals surface area contributed by atoms with Crippen LogP contribution in [0.25, 0.3) is 0 Å². The van der Waals surface area contributed by atoms with E-state index >= 15 is 0 Å². The Morgan fingerprint density at radius 1 is 1.12 bits per heavy atom. The summed E-state index contributed by atoms with van der Waals surface area (Å²) in [6, 6.07) is 0.765. The highest BCUT2D eigenvalue weighted by atomic mass is 32.2. The van der Waals surface area contributed by atoms with E-state index in [2.05, 4.69) is 0 Å². The van der Waals surface area contributed by atoms with Gasteiger partial charge in [0.15, 0.2) is 0 Å². The minimum Gasteiger partial charge on any atom is -0.396 e. The summed E-state index contributed by atoms with van der Waals surface area (Å²) < 4.78 is 15.9. The van der Waals surface area contributed by atoms with Crippen LogP contribution in [0.15, 0.2) is 0 Å². The Morgan fingerprint density at radius 3 is 2.12 bits per heavy atom. The van der Waals surface area contributed by atoms with Gasteiger partial charge in [0.2, 0.25) is 0 Å². The first kappa shape index (κ1) is 17.4. The van der Waals surface area contributed by atoms with Gasteiger partial charge in [-0.05, 0) is 18.6 Å². The number of hydrogen-bond acceptors (Lipinski definition) is 6. The van der Waals surface area contributed by atoms with Crippen LogP contribution in [-0.4, -0.2) is 64.6 Å². The van der Waals surface area contributed by atoms with Crippen molar-refractivity contribution in [2.24, 2.45) is 0 Å². The molecule has 0 heterocycles. The molecule has 0 aliphatic rings. The fourth-order valence-electron chi connectivity index (χ4n) is 1.47. The number of aliphatic hydroxyl groups excluding tert-OH is 2. The van der Waals surface area contributed by atoms with Crippen LogP contribution in [0.2, 0.25) is 6.04 Å². The van der Waals surface area contributed by atoms with Crippen molar-refractivity contribution in [2.75, 3.05) is 40.3 Å². The van der Waals surface area contributed by atoms with Gasteiger partial charge in [0, 0.05) is 39.2 Å². The molecule has 0 spiro atoms. The van der Waals surface area contributed by atoms with Crippen LogP contribution in [0.3, 0.4) is 0 Å². The average Bonchev–Trinajstić information content (AvgIpc) is 2.38. The topological polar surface area (TPSA) is 68.2 Å². The fraction of sp³-hybridized carbons (Fsp3) is 1.00. The van der Waals surface area contributed by atoms with E-state index in [1.807, 2.05) is 0 Å². The van der Waals surface area contributed by atoms with Crippen molar-refractivity contribution >= 4 is 20.6 Å². The molecule has 1 atom stereocenters. The standard InChI is InChI=1S/C10H24O5SSi/c1-13-17(14-2,15-3)8-4-7-16-10(9-12)5-6-11/h10-12H,4-9H2,1-3H3. The minimum atomic E-state index is -2.44. The molecule has 0 radical (unpaired) electrons. The van der Waals surface area contributed by atoms with Gasteiger partial charge in [-0.2, -0.15) is 11.8 Å². The maximum Gasteiger partial charge on any atom is 0.500 e. The number of aliphatic hydroxyl groups is 2. The molecular weight excluding hydrogens is 260 g/mol. The molecule has 0 bridgehead atoms. The zero-order valence-electron chi connectivity index (χ0n) is 10.8. The predicted molar refractivity (Wildman–Crippen MR) is 71.2 cm³/mol. The zero-order valence-corrected chi connectivity index (χ0v) is 12.7. The number of thioether (sulfide) groups is 1. The number of rotatable bonds is 11. The van der Waals surface area contributed by atoms with Gasteiger partial charge in [-0.1, -0.05) is 0 Å². The lowest BCUT2D eigenvalue weighted by molar-refractivity contribution is 0.123. The molecule has 17 heavy (non-hydrogen) atoms. The molecule has 0 aromatic heterocycles. The van der Waals surface area contributed by atoms with E-state index in [9.17, 15) is 0 Å². The normalized spacial score (nSPS) is 13.9. The van der Waals surface area contributed by atoms with Gasteiger partial charge in [0.05, 0.1) is 6.61 Å². The van der Waals surface area contributed by atoms with Crippen LogP contribution in [0.4, 0.5) is 0 Å². The van der Waals surface area contributed by atoms with E-state index in [1.54, 1.807) is 33.1 Å². The van der Waals surface area contributed by atoms with Crippen molar-refractivity contribution in [2.45, 2.75) is 24.1 Å². The summed E-state index contributed by atoms with van der Waals surface area (Å²) in [6.07, 6.45) is 1.54. The summed E-state index contributed by atoms with van der Waals surface area (Å²) in [7, 11) is 2.37. The van der Waals surface area contributed by atoms with Crippen molar-refractivity contribution in [3.63, 3.8) is 0 Å². The highest BCUT2D eigenvalue weighted by Gasteiger charge is 2.36. The lowest BCUT2D eigenvalue weighted by Gasteiger charge is -2.24. The Kier molecular flexibility index (Phi) is 10.5. The Bertz CT molecular complexity index is 172. The van der Waals surface area contributed by atoms with E-state index in [0.29, 0.717) is 6.42 Å². The van der Waals surface area contributed by atoms with Crippen molar-refractivity contribution in [3.8, 4) is 0 Å². The van der Waals surface area contributed by atoms with E-state index in [1.165, 1.54) is 0 Å². The highest BCUT2D eigenvalue weighted by Crippen LogP contribution is 2.20. The maximum absolute atomic E-state index is 9.06. The molecule has 0 fully saturated rings. The molecule has 0 saturated carbocycles. The van der Waals surface area contributed by atoms with Crippen molar-refractivity contribution < 1.29 is 23.5 Å². The van der Waals surface area contributed by atoms with Crippen LogP contribution in [0, 0.1) is 0 Å². The number of hydrogen-bond donors (Lipinski definition) is 2. The second-order valence-electron chi connectivity index (χ2n) is 3.59. The van der Waals surface area contributed by atoms with Crippen molar-refractivity contribution in [1.29, 1.82) is 0 Å². The van der Waals surface area contributed by atoms with Gasteiger partial charge in [0.1, 0.15) is 0 Å². The van der Waals surface area contributed by atoms with Gasteiger partial charge < -0.3 is 23.5 Å². The van der Waals surface area contributed by atoms with Gasteiger partial charge in [-0.15, -0.1) is 0 Å². The molecule has 0 aromatic rings. The molecule has 104 valence electrons. The molecule has 0 aliphatic carbocycles. The van der Waals surface area contributed by atoms with Crippen LogP contribution in [0.1, 0.15) is 12.8 Å². The van der Waals surface area contributed by atoms with E-state index < -0.39 is 8.80 Å². The van der Waals surface area contributed by atoms with Crippen LogP contribution >= 0.6 is 11.8 Å². The lowest BCUT2D eigenvalue weighted by atomic mass is 10.3. The maximum atomic E-state index is 9.06. The Balaban J connectivity index is 3.81. The summed E-state index contributed by atoms with van der Waals surface area (Å²) in [5.74, 6) is 0.899. The molecule has 1 unspecified atom stereocenters. The summed E-state index contributed by atoms with van der Waals surface area (Å²) >= 11 is 1.66. The Hall–Kier alpha value is 0.367. The minimum absolute atomic E-state index is 0.104. The Labute approximate surface area is 109 Å². The average molecular weight is 284 g/mol. The van der Waals surface area contributed by atoms with Gasteiger partial charge in [-0.3, -0.25) is 0 Å². The molecule has 2 N–H and O–H groups in total. The SMILES string of the molecule is CO[Si](CCCSC(CO)CCO)(OC)OC. The van der Waals surface area contributed by atoms with Crippen LogP contribution < -0.4 is 0 Å². The summed E-state index contributed by atoms with van der Waals surface area (Å²) in [5.41, 5.74) is 0. The monoisotopic (exact) mass is 284 g/mol. The highest BCUT2D eigenvalue weighted by molar-refractivity contribution is 7.99. The van der Waals surface area contributed by atoms with Gasteiger partial charge in [0.25, 0.3) is 0 Å². The molecule has 5 nitrogen and oxygen atoms in total. The quantitative estimate of drug-likeness (QED) is 0.431. The van der Waals surface area contributed by atoms with Crippen LogP contribution in [0.5, 0.6) is 0 Å². The van der Waals surface area contributed by atoms with E-state index in [4.69, 9.17) is 23.5 Å². The van der Waals surface area contributed by atoms with Gasteiger partial charge >= 0.3 is 8.80 Å². The lowest BCUT2D eigenvalue weighted by Crippen LogP contribution is -2.42. The molecule has 7 heteroatoms.